The number of aromatic nitrogens is 2. The van der Waals surface area contributed by atoms with Gasteiger partial charge in [0.25, 0.3) is 5.56 Å². The van der Waals surface area contributed by atoms with E-state index < -0.39 is 0 Å². The maximum Gasteiger partial charge on any atom is 0.258 e. The smallest absolute Gasteiger partial charge is 0.258 e. The molecule has 0 bridgehead atoms. The van der Waals surface area contributed by atoms with Gasteiger partial charge < -0.3 is 15.2 Å². The summed E-state index contributed by atoms with van der Waals surface area (Å²) >= 11 is 0. The van der Waals surface area contributed by atoms with E-state index in [1.54, 1.807) is 0 Å². The van der Waals surface area contributed by atoms with E-state index in [0.29, 0.717) is 23.7 Å². The quantitative estimate of drug-likeness (QED) is 0.838. The number of hydrogen-bond acceptors (Lipinski definition) is 4. The molecule has 0 amide bonds. The van der Waals surface area contributed by atoms with Crippen molar-refractivity contribution in [1.82, 2.24) is 20.2 Å². The summed E-state index contributed by atoms with van der Waals surface area (Å²) in [6, 6.07) is 3.70. The topological polar surface area (TPSA) is 61.0 Å². The number of aromatic amines is 1. The van der Waals surface area contributed by atoms with Crippen LogP contribution in [0.3, 0.4) is 0 Å². The van der Waals surface area contributed by atoms with E-state index in [2.05, 4.69) is 39.1 Å². The summed E-state index contributed by atoms with van der Waals surface area (Å²) in [5.41, 5.74) is 2.56. The van der Waals surface area contributed by atoms with Crippen LogP contribution in [0.2, 0.25) is 0 Å². The molecule has 25 heavy (non-hydrogen) atoms. The number of piperidine rings is 1. The Kier molecular flexibility index (Phi) is 5.52. The molecule has 0 spiro atoms. The molecule has 5 nitrogen and oxygen atoms in total. The average molecular weight is 338 g/mol. The lowest BCUT2D eigenvalue weighted by molar-refractivity contribution is 0.215. The summed E-state index contributed by atoms with van der Waals surface area (Å²) in [4.78, 5) is 22.3. The first kappa shape index (κ1) is 17.7. The molecule has 2 heterocycles. The van der Waals surface area contributed by atoms with Crippen LogP contribution >= 0.6 is 0 Å². The van der Waals surface area contributed by atoms with E-state index in [0.717, 1.165) is 36.3 Å². The predicted octanol–water partition coefficient (Wildman–Crippen LogP) is 2.03. The molecule has 1 aromatic heterocycles. The zero-order chi connectivity index (χ0) is 17.8. The van der Waals surface area contributed by atoms with Crippen LogP contribution < -0.4 is 10.9 Å². The van der Waals surface area contributed by atoms with Crippen molar-refractivity contribution in [3.8, 4) is 11.8 Å². The summed E-state index contributed by atoms with van der Waals surface area (Å²) in [7, 11) is 2.17. The zero-order valence-corrected chi connectivity index (χ0v) is 15.3. The first-order valence-corrected chi connectivity index (χ1v) is 8.93. The minimum atomic E-state index is -0.0831. The number of aryl methyl sites for hydroxylation is 1. The molecule has 0 saturated carbocycles. The second-order valence-corrected chi connectivity index (χ2v) is 6.90. The number of fused-ring (bicyclic) bond motifs is 1. The van der Waals surface area contributed by atoms with E-state index in [-0.39, 0.29) is 5.56 Å². The number of nitrogens with one attached hydrogen (secondary N) is 2. The van der Waals surface area contributed by atoms with Gasteiger partial charge >= 0.3 is 0 Å². The Morgan fingerprint density at radius 2 is 2.12 bits per heavy atom. The van der Waals surface area contributed by atoms with Crippen molar-refractivity contribution >= 4 is 10.9 Å². The minimum Gasteiger partial charge on any atom is -0.310 e. The third-order valence-corrected chi connectivity index (χ3v) is 5.00. The molecule has 1 aromatic carbocycles. The van der Waals surface area contributed by atoms with Crippen LogP contribution in [0.25, 0.3) is 10.9 Å². The maximum atomic E-state index is 12.4. The van der Waals surface area contributed by atoms with Gasteiger partial charge in [0.2, 0.25) is 0 Å². The molecular formula is C20H26N4O. The molecule has 1 aliphatic heterocycles. The Morgan fingerprint density at radius 3 is 2.84 bits per heavy atom. The molecule has 0 atom stereocenters. The van der Waals surface area contributed by atoms with Gasteiger partial charge in [-0.3, -0.25) is 4.79 Å². The minimum absolute atomic E-state index is 0.0831. The molecule has 1 fully saturated rings. The highest BCUT2D eigenvalue weighted by Crippen LogP contribution is 2.17. The van der Waals surface area contributed by atoms with Crippen molar-refractivity contribution in [2.45, 2.75) is 33.2 Å². The highest BCUT2D eigenvalue weighted by Gasteiger charge is 2.16. The standard InChI is InChI=1S/C20H26N4O/c1-4-5-16-6-7-17-19(14(16)2)22-18(23-20(17)25)13-21-12-15-8-10-24(3)11-9-15/h6-7,15,21H,8-13H2,1-3H3,(H,22,23,25). The Bertz CT molecular complexity index is 867. The zero-order valence-electron chi connectivity index (χ0n) is 15.3. The summed E-state index contributed by atoms with van der Waals surface area (Å²) in [5, 5.41) is 4.08. The van der Waals surface area contributed by atoms with Gasteiger partial charge in [0, 0.05) is 5.56 Å². The van der Waals surface area contributed by atoms with E-state index in [9.17, 15) is 4.79 Å². The fraction of sp³-hybridized carbons (Fsp3) is 0.500. The normalized spacial score (nSPS) is 16.0. The van der Waals surface area contributed by atoms with Crippen LogP contribution in [0.1, 0.15) is 36.7 Å². The largest absolute Gasteiger partial charge is 0.310 e. The second-order valence-electron chi connectivity index (χ2n) is 6.90. The van der Waals surface area contributed by atoms with Gasteiger partial charge in [0.05, 0.1) is 17.4 Å². The predicted molar refractivity (Wildman–Crippen MR) is 102 cm³/mol. The Hall–Kier alpha value is -2.16. The molecule has 2 N–H and O–H groups in total. The Labute approximate surface area is 148 Å². The van der Waals surface area contributed by atoms with Crippen LogP contribution in [-0.4, -0.2) is 41.5 Å². The first-order chi connectivity index (χ1) is 12.1. The van der Waals surface area contributed by atoms with Gasteiger partial charge in [0.1, 0.15) is 5.82 Å². The molecule has 3 rings (SSSR count). The van der Waals surface area contributed by atoms with Crippen molar-refractivity contribution in [3.63, 3.8) is 0 Å². The van der Waals surface area contributed by atoms with E-state index in [1.165, 1.54) is 12.8 Å². The van der Waals surface area contributed by atoms with E-state index in [1.807, 2.05) is 26.0 Å². The van der Waals surface area contributed by atoms with E-state index in [4.69, 9.17) is 0 Å². The van der Waals surface area contributed by atoms with Crippen molar-refractivity contribution in [3.05, 3.63) is 39.4 Å². The number of hydrogen-bond donors (Lipinski definition) is 2. The fourth-order valence-electron chi connectivity index (χ4n) is 3.40. The molecule has 0 aliphatic carbocycles. The van der Waals surface area contributed by atoms with Crippen molar-refractivity contribution < 1.29 is 0 Å². The molecule has 2 aromatic rings. The molecule has 1 aliphatic rings. The summed E-state index contributed by atoms with van der Waals surface area (Å²) in [5.74, 6) is 7.38. The number of nitrogens with zero attached hydrogens (tertiary/aromatic N) is 2. The van der Waals surface area contributed by atoms with Gasteiger partial charge in [-0.1, -0.05) is 5.92 Å². The summed E-state index contributed by atoms with van der Waals surface area (Å²) in [6.07, 6.45) is 2.45. The number of rotatable bonds is 4. The van der Waals surface area contributed by atoms with Gasteiger partial charge in [-0.2, -0.15) is 0 Å². The third-order valence-electron chi connectivity index (χ3n) is 5.00. The molecule has 5 heteroatoms. The Balaban J connectivity index is 1.74. The number of H-pyrrole nitrogens is 1. The SMILES string of the molecule is CC#Cc1ccc2c(=O)[nH]c(CNCC3CCN(C)CC3)nc2c1C. The van der Waals surface area contributed by atoms with E-state index >= 15 is 0 Å². The van der Waals surface area contributed by atoms with Crippen LogP contribution in [0.15, 0.2) is 16.9 Å². The van der Waals surface area contributed by atoms with Crippen LogP contribution in [0.5, 0.6) is 0 Å². The molecule has 132 valence electrons. The monoisotopic (exact) mass is 338 g/mol. The Morgan fingerprint density at radius 1 is 1.36 bits per heavy atom. The molecule has 0 radical (unpaired) electrons. The molecule has 1 saturated heterocycles. The van der Waals surface area contributed by atoms with Crippen LogP contribution in [0, 0.1) is 24.7 Å². The van der Waals surface area contributed by atoms with Crippen molar-refractivity contribution in [2.24, 2.45) is 5.92 Å². The van der Waals surface area contributed by atoms with Gasteiger partial charge in [-0.25, -0.2) is 4.98 Å². The van der Waals surface area contributed by atoms with Gasteiger partial charge in [-0.15, -0.1) is 5.92 Å². The van der Waals surface area contributed by atoms with Crippen LogP contribution in [-0.2, 0) is 6.54 Å². The third kappa shape index (κ3) is 4.09. The van der Waals surface area contributed by atoms with Crippen molar-refractivity contribution in [2.75, 3.05) is 26.7 Å². The lowest BCUT2D eigenvalue weighted by Crippen LogP contribution is -2.35. The summed E-state index contributed by atoms with van der Waals surface area (Å²) < 4.78 is 0. The highest BCUT2D eigenvalue weighted by molar-refractivity contribution is 5.83. The molecular weight excluding hydrogens is 312 g/mol. The molecule has 0 unspecified atom stereocenters. The second kappa shape index (κ2) is 7.81. The van der Waals surface area contributed by atoms with Gasteiger partial charge in [0.15, 0.2) is 0 Å². The lowest BCUT2D eigenvalue weighted by Gasteiger charge is -2.28. The first-order valence-electron chi connectivity index (χ1n) is 8.93. The number of likely N-dealkylation sites (tertiary alicyclic amines) is 1. The highest BCUT2D eigenvalue weighted by atomic mass is 16.1. The van der Waals surface area contributed by atoms with Crippen LogP contribution in [0.4, 0.5) is 0 Å². The fourth-order valence-corrected chi connectivity index (χ4v) is 3.40. The summed E-state index contributed by atoms with van der Waals surface area (Å²) in [6.45, 7) is 7.67. The van der Waals surface area contributed by atoms with Crippen molar-refractivity contribution in [1.29, 1.82) is 0 Å². The lowest BCUT2D eigenvalue weighted by atomic mass is 9.97. The number of benzene rings is 1. The maximum absolute atomic E-state index is 12.4. The van der Waals surface area contributed by atoms with Gasteiger partial charge in [-0.05, 0) is 77.0 Å². The average Bonchev–Trinajstić information content (AvgIpc) is 2.60.